The fourth-order valence-electron chi connectivity index (χ4n) is 4.02. The number of hydrogen-bond acceptors (Lipinski definition) is 2. The van der Waals surface area contributed by atoms with Gasteiger partial charge in [0.25, 0.3) is 0 Å². The molecule has 2 N–H and O–H groups in total. The highest BCUT2D eigenvalue weighted by molar-refractivity contribution is 4.98. The Morgan fingerprint density at radius 1 is 0.778 bits per heavy atom. The lowest BCUT2D eigenvalue weighted by molar-refractivity contribution is 0.259. The Morgan fingerprint density at radius 3 is 1.50 bits per heavy atom. The molecule has 2 nitrogen and oxygen atoms in total. The maximum absolute atomic E-state index is 2.93. The predicted molar refractivity (Wildman–Crippen MR) is 80.9 cm³/mol. The average molecular weight is 254 g/mol. The van der Waals surface area contributed by atoms with Crippen molar-refractivity contribution in [1.82, 2.24) is 10.6 Å². The van der Waals surface area contributed by atoms with Crippen molar-refractivity contribution in [3.05, 3.63) is 0 Å². The van der Waals surface area contributed by atoms with Crippen molar-refractivity contribution in [3.8, 4) is 0 Å². The maximum Gasteiger partial charge on any atom is -0.00804 e. The summed E-state index contributed by atoms with van der Waals surface area (Å²) in [5.74, 6) is 4.80. The monoisotopic (exact) mass is 254 g/mol. The quantitative estimate of drug-likeness (QED) is 0.790. The summed E-state index contributed by atoms with van der Waals surface area (Å²) in [6, 6.07) is 0. The van der Waals surface area contributed by atoms with Crippen LogP contribution in [0.3, 0.4) is 0 Å². The van der Waals surface area contributed by atoms with Crippen LogP contribution in [-0.2, 0) is 0 Å². The van der Waals surface area contributed by atoms with Crippen molar-refractivity contribution in [2.45, 2.75) is 52.4 Å². The summed E-state index contributed by atoms with van der Waals surface area (Å²) in [6.45, 7) is 6.28. The summed E-state index contributed by atoms with van der Waals surface area (Å²) < 4.78 is 0. The van der Waals surface area contributed by atoms with Gasteiger partial charge < -0.3 is 10.6 Å². The molecule has 0 aliphatic heterocycles. The van der Waals surface area contributed by atoms with Gasteiger partial charge in [-0.25, -0.2) is 0 Å². The van der Waals surface area contributed by atoms with Gasteiger partial charge in [-0.3, -0.25) is 0 Å². The second-order valence-electron chi connectivity index (χ2n) is 6.01. The van der Waals surface area contributed by atoms with Crippen LogP contribution in [-0.4, -0.2) is 27.2 Å². The lowest BCUT2D eigenvalue weighted by atomic mass is 9.82. The van der Waals surface area contributed by atoms with E-state index in [1.165, 1.54) is 23.7 Å². The van der Waals surface area contributed by atoms with E-state index in [9.17, 15) is 0 Å². The Morgan fingerprint density at radius 2 is 1.17 bits per heavy atom. The largest absolute Gasteiger partial charge is 0.320 e. The SMILES string of the molecule is C1CC2C3CCC(C3)C2C1.CCNC.CCNC. The molecule has 18 heavy (non-hydrogen) atoms. The van der Waals surface area contributed by atoms with Gasteiger partial charge in [0.15, 0.2) is 0 Å². The van der Waals surface area contributed by atoms with Crippen LogP contribution in [0.5, 0.6) is 0 Å². The van der Waals surface area contributed by atoms with Crippen LogP contribution in [0.1, 0.15) is 52.4 Å². The van der Waals surface area contributed by atoms with E-state index in [1.54, 1.807) is 38.5 Å². The molecule has 0 aromatic heterocycles. The van der Waals surface area contributed by atoms with Crippen molar-refractivity contribution in [2.75, 3.05) is 27.2 Å². The number of hydrogen-bond donors (Lipinski definition) is 2. The van der Waals surface area contributed by atoms with Gasteiger partial charge in [0, 0.05) is 0 Å². The van der Waals surface area contributed by atoms with E-state index in [2.05, 4.69) is 24.5 Å². The zero-order chi connectivity index (χ0) is 13.4. The number of rotatable bonds is 2. The van der Waals surface area contributed by atoms with Gasteiger partial charge in [0.2, 0.25) is 0 Å². The highest BCUT2D eigenvalue weighted by Gasteiger charge is 2.48. The molecule has 0 aromatic carbocycles. The lowest BCUT2D eigenvalue weighted by Gasteiger charge is -2.23. The molecule has 3 aliphatic rings. The minimum Gasteiger partial charge on any atom is -0.320 e. The van der Waals surface area contributed by atoms with Crippen LogP contribution in [0.2, 0.25) is 0 Å². The molecule has 0 saturated heterocycles. The minimum absolute atomic E-state index is 1.07. The molecular formula is C16H34N2. The summed E-state index contributed by atoms with van der Waals surface area (Å²) in [6.07, 6.45) is 9.53. The van der Waals surface area contributed by atoms with Gasteiger partial charge in [0.1, 0.15) is 0 Å². The molecule has 3 aliphatic carbocycles. The molecule has 2 bridgehead atoms. The molecule has 3 rings (SSSR count). The lowest BCUT2D eigenvalue weighted by Crippen LogP contribution is -2.15. The average Bonchev–Trinajstić information content (AvgIpc) is 3.11. The Hall–Kier alpha value is -0.0800. The first-order valence-electron chi connectivity index (χ1n) is 8.07. The normalized spacial score (nSPS) is 35.3. The Balaban J connectivity index is 0.000000174. The fourth-order valence-corrected chi connectivity index (χ4v) is 4.02. The van der Waals surface area contributed by atoms with E-state index in [4.69, 9.17) is 0 Å². The molecule has 2 heteroatoms. The van der Waals surface area contributed by atoms with Crippen molar-refractivity contribution in [1.29, 1.82) is 0 Å². The third kappa shape index (κ3) is 4.24. The van der Waals surface area contributed by atoms with Gasteiger partial charge in [-0.2, -0.15) is 0 Å². The van der Waals surface area contributed by atoms with Gasteiger partial charge >= 0.3 is 0 Å². The fraction of sp³-hybridized carbons (Fsp3) is 1.00. The van der Waals surface area contributed by atoms with Crippen LogP contribution >= 0.6 is 0 Å². The van der Waals surface area contributed by atoms with Crippen molar-refractivity contribution in [3.63, 3.8) is 0 Å². The zero-order valence-corrected chi connectivity index (χ0v) is 13.0. The van der Waals surface area contributed by atoms with Gasteiger partial charge in [0.05, 0.1) is 0 Å². The zero-order valence-electron chi connectivity index (χ0n) is 13.0. The van der Waals surface area contributed by atoms with E-state index in [0.717, 1.165) is 13.1 Å². The Kier molecular flexibility index (Phi) is 7.92. The summed E-state index contributed by atoms with van der Waals surface area (Å²) >= 11 is 0. The first-order valence-corrected chi connectivity index (χ1v) is 8.07. The molecule has 3 saturated carbocycles. The van der Waals surface area contributed by atoms with Gasteiger partial charge in [-0.05, 0) is 83.0 Å². The van der Waals surface area contributed by atoms with E-state index in [0.29, 0.717) is 0 Å². The van der Waals surface area contributed by atoms with Crippen molar-refractivity contribution < 1.29 is 0 Å². The molecule has 108 valence electrons. The molecule has 0 radical (unpaired) electrons. The van der Waals surface area contributed by atoms with Crippen LogP contribution in [0.4, 0.5) is 0 Å². The van der Waals surface area contributed by atoms with E-state index >= 15 is 0 Å². The van der Waals surface area contributed by atoms with E-state index in [-0.39, 0.29) is 0 Å². The second kappa shape index (κ2) is 8.92. The number of fused-ring (bicyclic) bond motifs is 5. The van der Waals surface area contributed by atoms with Crippen LogP contribution in [0.15, 0.2) is 0 Å². The van der Waals surface area contributed by atoms with Gasteiger partial charge in [-0.1, -0.05) is 20.3 Å². The third-order valence-electron chi connectivity index (χ3n) is 5.06. The van der Waals surface area contributed by atoms with Crippen molar-refractivity contribution >= 4 is 0 Å². The summed E-state index contributed by atoms with van der Waals surface area (Å²) in [4.78, 5) is 0. The minimum atomic E-state index is 1.07. The first-order chi connectivity index (χ1) is 8.78. The standard InChI is InChI=1S/C10H16.2C3H9N/c1-2-9-7-4-5-8(6-7)10(9)3-1;2*1-3-4-2/h7-10H,1-6H2;2*4H,3H2,1-2H3. The molecule has 0 heterocycles. The molecular weight excluding hydrogens is 220 g/mol. The summed E-state index contributed by atoms with van der Waals surface area (Å²) in [5, 5.41) is 5.86. The van der Waals surface area contributed by atoms with Crippen molar-refractivity contribution in [2.24, 2.45) is 23.7 Å². The molecule has 0 spiro atoms. The Bertz CT molecular complexity index is 181. The van der Waals surface area contributed by atoms with Crippen LogP contribution in [0, 0.1) is 23.7 Å². The summed E-state index contributed by atoms with van der Waals surface area (Å²) in [7, 11) is 3.86. The Labute approximate surface area is 114 Å². The second-order valence-corrected chi connectivity index (χ2v) is 6.01. The van der Waals surface area contributed by atoms with Crippen LogP contribution < -0.4 is 10.6 Å². The topological polar surface area (TPSA) is 24.1 Å². The molecule has 4 atom stereocenters. The summed E-state index contributed by atoms with van der Waals surface area (Å²) in [5.41, 5.74) is 0. The number of nitrogens with one attached hydrogen (secondary N) is 2. The predicted octanol–water partition coefficient (Wildman–Crippen LogP) is 3.28. The smallest absolute Gasteiger partial charge is 0.00804 e. The maximum atomic E-state index is 2.93. The van der Waals surface area contributed by atoms with Crippen LogP contribution in [0.25, 0.3) is 0 Å². The van der Waals surface area contributed by atoms with E-state index in [1.807, 2.05) is 14.1 Å². The highest BCUT2D eigenvalue weighted by atomic mass is 14.8. The molecule has 4 unspecified atom stereocenters. The van der Waals surface area contributed by atoms with Gasteiger partial charge in [-0.15, -0.1) is 0 Å². The molecule has 0 aromatic rings. The first kappa shape index (κ1) is 16.0. The van der Waals surface area contributed by atoms with E-state index < -0.39 is 0 Å². The molecule has 0 amide bonds. The highest BCUT2D eigenvalue weighted by Crippen LogP contribution is 2.58. The molecule has 3 fully saturated rings. The third-order valence-corrected chi connectivity index (χ3v) is 5.06.